The van der Waals surface area contributed by atoms with Gasteiger partial charge in [0.25, 0.3) is 0 Å². The summed E-state index contributed by atoms with van der Waals surface area (Å²) in [6, 6.07) is 11.5. The molecule has 2 heterocycles. The van der Waals surface area contributed by atoms with Gasteiger partial charge in [-0.3, -0.25) is 4.79 Å². The lowest BCUT2D eigenvalue weighted by Crippen LogP contribution is -2.46. The Labute approximate surface area is 127 Å². The summed E-state index contributed by atoms with van der Waals surface area (Å²) in [5, 5.41) is 3.64. The molecule has 1 amide bonds. The summed E-state index contributed by atoms with van der Waals surface area (Å²) in [5.41, 5.74) is 0.913. The lowest BCUT2D eigenvalue weighted by atomic mass is 9.84. The number of nitrogens with zero attached hydrogens (tertiary/aromatic N) is 1. The van der Waals surface area contributed by atoms with E-state index in [-0.39, 0.29) is 5.41 Å². The normalized spacial score (nSPS) is 25.7. The molecule has 21 heavy (non-hydrogen) atoms. The van der Waals surface area contributed by atoms with Crippen LogP contribution in [0.4, 0.5) is 0 Å². The van der Waals surface area contributed by atoms with E-state index in [0.717, 1.165) is 25.9 Å². The van der Waals surface area contributed by atoms with E-state index in [1.807, 2.05) is 18.2 Å². The summed E-state index contributed by atoms with van der Waals surface area (Å²) in [4.78, 5) is 15.0. The van der Waals surface area contributed by atoms with Crippen molar-refractivity contribution in [3.8, 4) is 0 Å². The highest BCUT2D eigenvalue weighted by Crippen LogP contribution is 2.28. The number of hydrogen-bond donors (Lipinski definition) is 1. The molecule has 0 aromatic heterocycles. The first-order valence-electron chi connectivity index (χ1n) is 8.14. The van der Waals surface area contributed by atoms with Crippen molar-refractivity contribution in [2.45, 2.75) is 51.6 Å². The van der Waals surface area contributed by atoms with Gasteiger partial charge < -0.3 is 10.2 Å². The van der Waals surface area contributed by atoms with Crippen LogP contribution < -0.4 is 5.32 Å². The van der Waals surface area contributed by atoms with E-state index >= 15 is 0 Å². The summed E-state index contributed by atoms with van der Waals surface area (Å²) in [5.74, 6) is 0.306. The minimum absolute atomic E-state index is 0.306. The number of likely N-dealkylation sites (tertiary alicyclic amines) is 1. The largest absolute Gasteiger partial charge is 0.341 e. The quantitative estimate of drug-likeness (QED) is 0.926. The molecule has 3 rings (SSSR count). The lowest BCUT2D eigenvalue weighted by Gasteiger charge is -2.33. The molecule has 2 saturated heterocycles. The lowest BCUT2D eigenvalue weighted by molar-refractivity contribution is -0.140. The number of fused-ring (bicyclic) bond motifs is 2. The summed E-state index contributed by atoms with van der Waals surface area (Å²) >= 11 is 0. The van der Waals surface area contributed by atoms with E-state index in [0.29, 0.717) is 18.0 Å². The van der Waals surface area contributed by atoms with Crippen LogP contribution >= 0.6 is 0 Å². The van der Waals surface area contributed by atoms with Gasteiger partial charge in [0.1, 0.15) is 0 Å². The molecule has 0 saturated carbocycles. The van der Waals surface area contributed by atoms with Crippen LogP contribution in [0.5, 0.6) is 0 Å². The maximum Gasteiger partial charge on any atom is 0.228 e. The fourth-order valence-electron chi connectivity index (χ4n) is 3.74. The average Bonchev–Trinajstić information content (AvgIpc) is 2.78. The first-order chi connectivity index (χ1) is 10.0. The molecule has 1 N–H and O–H groups in total. The van der Waals surface area contributed by atoms with Gasteiger partial charge in [-0.2, -0.15) is 0 Å². The average molecular weight is 286 g/mol. The highest BCUT2D eigenvalue weighted by Gasteiger charge is 2.36. The zero-order valence-electron chi connectivity index (χ0n) is 13.1. The Morgan fingerprint density at radius 3 is 2.67 bits per heavy atom. The summed E-state index contributed by atoms with van der Waals surface area (Å²) < 4.78 is 0. The van der Waals surface area contributed by atoms with Crippen molar-refractivity contribution in [3.63, 3.8) is 0 Å². The van der Waals surface area contributed by atoms with Gasteiger partial charge >= 0.3 is 0 Å². The Hall–Kier alpha value is -1.35. The summed E-state index contributed by atoms with van der Waals surface area (Å²) in [6.07, 6.45) is 4.40. The highest BCUT2D eigenvalue weighted by atomic mass is 16.2. The fraction of sp³-hybridized carbons (Fsp3) is 0.611. The van der Waals surface area contributed by atoms with Crippen molar-refractivity contribution in [3.05, 3.63) is 35.9 Å². The van der Waals surface area contributed by atoms with Crippen molar-refractivity contribution < 1.29 is 4.79 Å². The zero-order valence-corrected chi connectivity index (χ0v) is 13.1. The van der Waals surface area contributed by atoms with E-state index in [1.165, 1.54) is 18.4 Å². The van der Waals surface area contributed by atoms with Crippen molar-refractivity contribution in [2.24, 2.45) is 5.41 Å². The van der Waals surface area contributed by atoms with Gasteiger partial charge in [-0.25, -0.2) is 0 Å². The predicted octanol–water partition coefficient (Wildman–Crippen LogP) is 2.61. The number of benzene rings is 1. The molecule has 0 aliphatic carbocycles. The van der Waals surface area contributed by atoms with Crippen LogP contribution in [-0.2, 0) is 11.2 Å². The van der Waals surface area contributed by atoms with Crippen LogP contribution in [0.2, 0.25) is 0 Å². The minimum Gasteiger partial charge on any atom is -0.341 e. The summed E-state index contributed by atoms with van der Waals surface area (Å²) in [6.45, 7) is 5.95. The standard InChI is InChI=1S/C18H26N2O/c1-18(2,12-14-6-4-3-5-7-14)17(21)20-11-10-15-8-9-16(13-20)19-15/h3-7,15-16,19H,8-13H2,1-2H3. The second-order valence-corrected chi connectivity index (χ2v) is 7.22. The van der Waals surface area contributed by atoms with E-state index in [1.54, 1.807) is 0 Å². The summed E-state index contributed by atoms with van der Waals surface area (Å²) in [7, 11) is 0. The molecule has 0 spiro atoms. The second kappa shape index (κ2) is 5.80. The van der Waals surface area contributed by atoms with Gasteiger partial charge in [-0.05, 0) is 31.2 Å². The molecule has 2 aliphatic rings. The molecule has 1 aromatic carbocycles. The predicted molar refractivity (Wildman–Crippen MR) is 85.1 cm³/mol. The molecule has 0 radical (unpaired) electrons. The van der Waals surface area contributed by atoms with E-state index in [4.69, 9.17) is 0 Å². The van der Waals surface area contributed by atoms with E-state index in [9.17, 15) is 4.79 Å². The van der Waals surface area contributed by atoms with Crippen LogP contribution in [0.3, 0.4) is 0 Å². The molecule has 2 aliphatic heterocycles. The third-order valence-electron chi connectivity index (χ3n) is 4.88. The van der Waals surface area contributed by atoms with Crippen molar-refractivity contribution in [2.75, 3.05) is 13.1 Å². The molecule has 114 valence electrons. The number of amides is 1. The van der Waals surface area contributed by atoms with Gasteiger partial charge in [0.2, 0.25) is 5.91 Å². The monoisotopic (exact) mass is 286 g/mol. The smallest absolute Gasteiger partial charge is 0.228 e. The van der Waals surface area contributed by atoms with Gasteiger partial charge in [0, 0.05) is 30.6 Å². The van der Waals surface area contributed by atoms with Crippen LogP contribution in [0.15, 0.2) is 30.3 Å². The molecule has 3 nitrogen and oxygen atoms in total. The first kappa shape index (κ1) is 14.6. The van der Waals surface area contributed by atoms with Crippen molar-refractivity contribution in [1.29, 1.82) is 0 Å². The number of carbonyl (C=O) groups is 1. The Morgan fingerprint density at radius 1 is 1.19 bits per heavy atom. The molecular formula is C18H26N2O. The molecule has 2 atom stereocenters. The van der Waals surface area contributed by atoms with Crippen molar-refractivity contribution >= 4 is 5.91 Å². The topological polar surface area (TPSA) is 32.3 Å². The van der Waals surface area contributed by atoms with E-state index < -0.39 is 0 Å². The Morgan fingerprint density at radius 2 is 1.90 bits per heavy atom. The fourth-order valence-corrected chi connectivity index (χ4v) is 3.74. The highest BCUT2D eigenvalue weighted by molar-refractivity contribution is 5.82. The molecular weight excluding hydrogens is 260 g/mol. The van der Waals surface area contributed by atoms with Crippen molar-refractivity contribution in [1.82, 2.24) is 10.2 Å². The van der Waals surface area contributed by atoms with Crippen LogP contribution in [0, 0.1) is 5.41 Å². The molecule has 2 fully saturated rings. The number of rotatable bonds is 3. The second-order valence-electron chi connectivity index (χ2n) is 7.22. The molecule has 2 unspecified atom stereocenters. The third-order valence-corrected chi connectivity index (χ3v) is 4.88. The van der Waals surface area contributed by atoms with Gasteiger partial charge in [0.05, 0.1) is 0 Å². The van der Waals surface area contributed by atoms with Gasteiger partial charge in [-0.1, -0.05) is 44.2 Å². The van der Waals surface area contributed by atoms with Gasteiger partial charge in [0.15, 0.2) is 0 Å². The Balaban J connectivity index is 1.68. The maximum atomic E-state index is 13.0. The first-order valence-corrected chi connectivity index (χ1v) is 8.14. The van der Waals surface area contributed by atoms with Gasteiger partial charge in [-0.15, -0.1) is 0 Å². The Kier molecular flexibility index (Phi) is 4.03. The van der Waals surface area contributed by atoms with Crippen LogP contribution in [0.25, 0.3) is 0 Å². The number of carbonyl (C=O) groups excluding carboxylic acids is 1. The number of hydrogen-bond acceptors (Lipinski definition) is 2. The van der Waals surface area contributed by atoms with Crippen LogP contribution in [0.1, 0.15) is 38.7 Å². The van der Waals surface area contributed by atoms with Crippen LogP contribution in [-0.4, -0.2) is 36.0 Å². The molecule has 1 aromatic rings. The van der Waals surface area contributed by atoms with E-state index in [2.05, 4.69) is 36.2 Å². The Bertz CT molecular complexity index is 497. The maximum absolute atomic E-state index is 13.0. The molecule has 2 bridgehead atoms. The molecule has 3 heteroatoms. The third kappa shape index (κ3) is 3.29. The zero-order chi connectivity index (χ0) is 14.9. The SMILES string of the molecule is CC(C)(Cc1ccccc1)C(=O)N1CCC2CCC(C1)N2. The minimum atomic E-state index is -0.328. The number of nitrogens with one attached hydrogen (secondary N) is 1.